The number of carbonyl (C=O) groups excluding carboxylic acids is 1. The smallest absolute Gasteiger partial charge is 0.255 e. The van der Waals surface area contributed by atoms with Crippen molar-refractivity contribution >= 4 is 15.9 Å². The van der Waals surface area contributed by atoms with E-state index in [1.165, 1.54) is 10.7 Å². The summed E-state index contributed by atoms with van der Waals surface area (Å²) >= 11 is 0. The fourth-order valence-electron chi connectivity index (χ4n) is 4.82. The van der Waals surface area contributed by atoms with Gasteiger partial charge in [-0.1, -0.05) is 19.3 Å². The lowest BCUT2D eigenvalue weighted by molar-refractivity contribution is -0.135. The summed E-state index contributed by atoms with van der Waals surface area (Å²) in [5, 5.41) is 0. The van der Waals surface area contributed by atoms with Gasteiger partial charge < -0.3 is 9.88 Å². The van der Waals surface area contributed by atoms with Crippen LogP contribution in [0.4, 0.5) is 0 Å². The quantitative estimate of drug-likeness (QED) is 0.789. The highest BCUT2D eigenvalue weighted by Gasteiger charge is 2.34. The molecule has 8 nitrogen and oxygen atoms in total. The van der Waals surface area contributed by atoms with Gasteiger partial charge in [-0.2, -0.15) is 4.31 Å². The Bertz CT molecular complexity index is 936. The van der Waals surface area contributed by atoms with Crippen molar-refractivity contribution in [2.24, 2.45) is 5.92 Å². The van der Waals surface area contributed by atoms with E-state index in [2.05, 4.69) is 9.97 Å². The highest BCUT2D eigenvalue weighted by molar-refractivity contribution is 7.89. The van der Waals surface area contributed by atoms with E-state index in [9.17, 15) is 18.0 Å². The number of nitrogens with zero attached hydrogens (tertiary/aromatic N) is 3. The van der Waals surface area contributed by atoms with Crippen LogP contribution in [0.15, 0.2) is 4.79 Å². The van der Waals surface area contributed by atoms with Crippen molar-refractivity contribution in [2.45, 2.75) is 64.3 Å². The van der Waals surface area contributed by atoms with Crippen molar-refractivity contribution in [1.82, 2.24) is 19.2 Å². The monoisotopic (exact) mass is 422 g/mol. The molecule has 0 unspecified atom stereocenters. The Kier molecular flexibility index (Phi) is 5.79. The van der Waals surface area contributed by atoms with Gasteiger partial charge in [0.2, 0.25) is 15.9 Å². The van der Waals surface area contributed by atoms with Crippen LogP contribution in [0.1, 0.15) is 68.4 Å². The standard InChI is InChI=1S/C20H30N4O4S/c1-2-29(27,28)24-11-9-17-16(13-24)19(25)22-18(21-17)15-8-10-23(12-15)20(26)14-6-4-3-5-7-14/h14-15H,2-13H2,1H3,(H,21,22,25)/t15-/m0/s1. The SMILES string of the molecule is CCS(=O)(=O)N1CCc2nc([C@H]3CCN(C(=O)C4CCCCC4)C3)[nH]c(=O)c2C1. The van der Waals surface area contributed by atoms with E-state index in [1.54, 1.807) is 6.92 Å². The first kappa shape index (κ1) is 20.5. The Morgan fingerprint density at radius 3 is 2.66 bits per heavy atom. The summed E-state index contributed by atoms with van der Waals surface area (Å²) in [5.74, 6) is 1.12. The minimum absolute atomic E-state index is 0.0265. The summed E-state index contributed by atoms with van der Waals surface area (Å²) < 4.78 is 25.6. The van der Waals surface area contributed by atoms with Gasteiger partial charge in [0.1, 0.15) is 5.82 Å². The molecule has 1 saturated carbocycles. The lowest BCUT2D eigenvalue weighted by atomic mass is 9.88. The van der Waals surface area contributed by atoms with E-state index in [0.717, 1.165) is 32.1 Å². The average Bonchev–Trinajstić information content (AvgIpc) is 3.24. The molecule has 1 amide bonds. The maximum Gasteiger partial charge on any atom is 0.255 e. The van der Waals surface area contributed by atoms with Crippen LogP contribution in [0.5, 0.6) is 0 Å². The number of sulfonamides is 1. The summed E-state index contributed by atoms with van der Waals surface area (Å²) in [6.07, 6.45) is 6.73. The van der Waals surface area contributed by atoms with E-state index >= 15 is 0 Å². The van der Waals surface area contributed by atoms with E-state index in [0.29, 0.717) is 43.1 Å². The van der Waals surface area contributed by atoms with E-state index in [4.69, 9.17) is 0 Å². The van der Waals surface area contributed by atoms with Gasteiger partial charge in [0.25, 0.3) is 5.56 Å². The molecule has 0 bridgehead atoms. The molecular weight excluding hydrogens is 392 g/mol. The predicted octanol–water partition coefficient (Wildman–Crippen LogP) is 1.37. The molecule has 0 aromatic carbocycles. The molecule has 2 aliphatic heterocycles. The molecule has 1 aromatic rings. The molecule has 2 fully saturated rings. The number of carbonyl (C=O) groups is 1. The first-order chi connectivity index (χ1) is 13.9. The van der Waals surface area contributed by atoms with E-state index in [-0.39, 0.29) is 35.6 Å². The topological polar surface area (TPSA) is 103 Å². The fourth-order valence-corrected chi connectivity index (χ4v) is 5.88. The minimum Gasteiger partial charge on any atom is -0.342 e. The molecule has 1 N–H and O–H groups in total. The van der Waals surface area contributed by atoms with Gasteiger partial charge in [-0.15, -0.1) is 0 Å². The van der Waals surface area contributed by atoms with Gasteiger partial charge in [0.05, 0.1) is 17.0 Å². The minimum atomic E-state index is -3.33. The Labute approximate surface area is 171 Å². The number of fused-ring (bicyclic) bond motifs is 1. The number of amides is 1. The van der Waals surface area contributed by atoms with Gasteiger partial charge in [0.15, 0.2) is 0 Å². The molecule has 3 aliphatic rings. The summed E-state index contributed by atoms with van der Waals surface area (Å²) in [7, 11) is -3.33. The summed E-state index contributed by atoms with van der Waals surface area (Å²) in [6, 6.07) is 0. The Morgan fingerprint density at radius 1 is 1.17 bits per heavy atom. The highest BCUT2D eigenvalue weighted by atomic mass is 32.2. The molecule has 160 valence electrons. The number of aromatic nitrogens is 2. The van der Waals surface area contributed by atoms with Crippen molar-refractivity contribution < 1.29 is 13.2 Å². The number of H-pyrrole nitrogens is 1. The predicted molar refractivity (Wildman–Crippen MR) is 109 cm³/mol. The molecule has 1 aromatic heterocycles. The number of likely N-dealkylation sites (tertiary alicyclic amines) is 1. The molecule has 9 heteroatoms. The van der Waals surface area contributed by atoms with Gasteiger partial charge in [0, 0.05) is 44.4 Å². The molecule has 0 spiro atoms. The van der Waals surface area contributed by atoms with Crippen LogP contribution < -0.4 is 5.56 Å². The number of aromatic amines is 1. The first-order valence-electron chi connectivity index (χ1n) is 10.8. The number of hydrogen-bond donors (Lipinski definition) is 1. The van der Waals surface area contributed by atoms with Crippen molar-refractivity contribution in [3.63, 3.8) is 0 Å². The zero-order chi connectivity index (χ0) is 20.6. The maximum absolute atomic E-state index is 12.8. The molecule has 3 heterocycles. The third kappa shape index (κ3) is 4.12. The number of hydrogen-bond acceptors (Lipinski definition) is 5. The zero-order valence-electron chi connectivity index (χ0n) is 17.0. The second-order valence-corrected chi connectivity index (χ2v) is 10.7. The summed E-state index contributed by atoms with van der Waals surface area (Å²) in [4.78, 5) is 35.0. The molecule has 1 aliphatic carbocycles. The molecule has 4 rings (SSSR count). The average molecular weight is 423 g/mol. The second-order valence-electron chi connectivity index (χ2n) is 8.47. The van der Waals surface area contributed by atoms with Crippen molar-refractivity contribution in [3.05, 3.63) is 27.4 Å². The maximum atomic E-state index is 12.8. The van der Waals surface area contributed by atoms with E-state index < -0.39 is 10.0 Å². The van der Waals surface area contributed by atoms with Crippen LogP contribution >= 0.6 is 0 Å². The Hall–Kier alpha value is -1.74. The molecule has 0 radical (unpaired) electrons. The van der Waals surface area contributed by atoms with Gasteiger partial charge in [-0.3, -0.25) is 9.59 Å². The zero-order valence-corrected chi connectivity index (χ0v) is 17.8. The van der Waals surface area contributed by atoms with Crippen molar-refractivity contribution in [1.29, 1.82) is 0 Å². The number of rotatable bonds is 4. The van der Waals surface area contributed by atoms with Crippen LogP contribution in [0, 0.1) is 5.92 Å². The fraction of sp³-hybridized carbons (Fsp3) is 0.750. The second kappa shape index (κ2) is 8.18. The van der Waals surface area contributed by atoms with Gasteiger partial charge >= 0.3 is 0 Å². The lowest BCUT2D eigenvalue weighted by Gasteiger charge is -2.27. The molecule has 29 heavy (non-hydrogen) atoms. The largest absolute Gasteiger partial charge is 0.342 e. The lowest BCUT2D eigenvalue weighted by Crippen LogP contribution is -2.40. The highest BCUT2D eigenvalue weighted by Crippen LogP contribution is 2.30. The molecular formula is C20H30N4O4S. The molecule has 1 saturated heterocycles. The van der Waals surface area contributed by atoms with Crippen LogP contribution in [0.3, 0.4) is 0 Å². The number of nitrogens with one attached hydrogen (secondary N) is 1. The summed E-state index contributed by atoms with van der Waals surface area (Å²) in [6.45, 7) is 3.37. The van der Waals surface area contributed by atoms with Crippen LogP contribution in [0.25, 0.3) is 0 Å². The summed E-state index contributed by atoms with van der Waals surface area (Å²) in [5.41, 5.74) is 0.895. The first-order valence-corrected chi connectivity index (χ1v) is 12.4. The van der Waals surface area contributed by atoms with Gasteiger partial charge in [-0.05, 0) is 26.2 Å². The third-order valence-corrected chi connectivity index (χ3v) is 8.48. The van der Waals surface area contributed by atoms with Crippen LogP contribution in [-0.2, 0) is 27.8 Å². The third-order valence-electron chi connectivity index (χ3n) is 6.65. The normalized spacial score (nSPS) is 23.9. The van der Waals surface area contributed by atoms with Crippen LogP contribution in [0.2, 0.25) is 0 Å². The Balaban J connectivity index is 1.48. The van der Waals surface area contributed by atoms with Gasteiger partial charge in [-0.25, -0.2) is 13.4 Å². The Morgan fingerprint density at radius 2 is 1.93 bits per heavy atom. The van der Waals surface area contributed by atoms with Crippen molar-refractivity contribution in [3.8, 4) is 0 Å². The van der Waals surface area contributed by atoms with Crippen molar-refractivity contribution in [2.75, 3.05) is 25.4 Å². The van der Waals surface area contributed by atoms with E-state index in [1.807, 2.05) is 4.90 Å². The molecule has 1 atom stereocenters. The van der Waals surface area contributed by atoms with Crippen LogP contribution in [-0.4, -0.2) is 58.9 Å².